The number of allylic oxidation sites excluding steroid dienone is 1. The Kier molecular flexibility index (Phi) is 3.20. The van der Waals surface area contributed by atoms with Gasteiger partial charge in [-0.25, -0.2) is 0 Å². The molecule has 0 saturated heterocycles. The van der Waals surface area contributed by atoms with E-state index in [1.54, 1.807) is 24.3 Å². The van der Waals surface area contributed by atoms with Crippen molar-refractivity contribution in [3.63, 3.8) is 0 Å². The van der Waals surface area contributed by atoms with Gasteiger partial charge in [-0.05, 0) is 29.7 Å². The van der Waals surface area contributed by atoms with Crippen LogP contribution in [0, 0.1) is 0 Å². The number of imide groups is 1. The second-order valence-electron chi connectivity index (χ2n) is 7.04. The lowest BCUT2D eigenvalue weighted by Gasteiger charge is -2.23. The third-order valence-corrected chi connectivity index (χ3v) is 5.03. The van der Waals surface area contributed by atoms with Crippen LogP contribution in [0.15, 0.2) is 60.7 Å². The lowest BCUT2D eigenvalue weighted by molar-refractivity contribution is 0.0615. The van der Waals surface area contributed by atoms with E-state index in [1.165, 1.54) is 16.0 Å². The van der Waals surface area contributed by atoms with Gasteiger partial charge >= 0.3 is 0 Å². The van der Waals surface area contributed by atoms with E-state index in [0.29, 0.717) is 17.5 Å². The van der Waals surface area contributed by atoms with E-state index in [0.717, 1.165) is 0 Å². The minimum atomic E-state index is -0.250. The summed E-state index contributed by atoms with van der Waals surface area (Å²) in [5, 5.41) is 0. The Morgan fingerprint density at radius 1 is 0.917 bits per heavy atom. The van der Waals surface area contributed by atoms with Crippen LogP contribution < -0.4 is 0 Å². The summed E-state index contributed by atoms with van der Waals surface area (Å²) in [6, 6.07) is 15.1. The van der Waals surface area contributed by atoms with Crippen LogP contribution in [0.25, 0.3) is 0 Å². The zero-order chi connectivity index (χ0) is 16.9. The average Bonchev–Trinajstić information content (AvgIpc) is 2.75. The quantitative estimate of drug-likeness (QED) is 0.593. The van der Waals surface area contributed by atoms with Gasteiger partial charge in [0.1, 0.15) is 0 Å². The molecule has 1 aliphatic carbocycles. The van der Waals surface area contributed by atoms with Crippen LogP contribution in [0.3, 0.4) is 0 Å². The summed E-state index contributed by atoms with van der Waals surface area (Å²) in [4.78, 5) is 26.9. The molecule has 0 N–H and O–H groups in total. The highest BCUT2D eigenvalue weighted by molar-refractivity contribution is 6.21. The lowest BCUT2D eigenvalue weighted by Crippen LogP contribution is -2.39. The number of hydrogen-bond acceptors (Lipinski definition) is 2. The van der Waals surface area contributed by atoms with E-state index in [1.807, 2.05) is 18.2 Å². The SMILES string of the molecule is CC1(C)C=CC(N2C(=O)c3ccccc3C2=O)Cc2ccccc21. The fourth-order valence-electron chi connectivity index (χ4n) is 3.75. The first-order chi connectivity index (χ1) is 11.5. The van der Waals surface area contributed by atoms with Crippen molar-refractivity contribution in [1.82, 2.24) is 4.90 Å². The van der Waals surface area contributed by atoms with Crippen molar-refractivity contribution in [2.24, 2.45) is 0 Å². The largest absolute Gasteiger partial charge is 0.269 e. The molecule has 1 heterocycles. The molecule has 1 aliphatic heterocycles. The molecule has 0 radical (unpaired) electrons. The first-order valence-corrected chi connectivity index (χ1v) is 8.24. The Morgan fingerprint density at radius 2 is 1.50 bits per heavy atom. The molecule has 0 aromatic heterocycles. The van der Waals surface area contributed by atoms with E-state index < -0.39 is 0 Å². The monoisotopic (exact) mass is 317 g/mol. The molecule has 3 nitrogen and oxygen atoms in total. The molecule has 4 rings (SSSR count). The van der Waals surface area contributed by atoms with Crippen molar-refractivity contribution in [3.8, 4) is 0 Å². The van der Waals surface area contributed by atoms with Crippen molar-refractivity contribution in [1.29, 1.82) is 0 Å². The minimum absolute atomic E-state index is 0.121. The molecule has 0 spiro atoms. The molecule has 2 aliphatic rings. The maximum absolute atomic E-state index is 12.8. The summed E-state index contributed by atoms with van der Waals surface area (Å²) in [6.07, 6.45) is 4.79. The van der Waals surface area contributed by atoms with Gasteiger partial charge in [-0.1, -0.05) is 62.4 Å². The van der Waals surface area contributed by atoms with Crippen LogP contribution in [0.5, 0.6) is 0 Å². The predicted octanol–water partition coefficient (Wildman–Crippen LogP) is 3.74. The normalized spacial score (nSPS) is 21.4. The van der Waals surface area contributed by atoms with Gasteiger partial charge in [0.05, 0.1) is 17.2 Å². The molecule has 120 valence electrons. The van der Waals surface area contributed by atoms with Gasteiger partial charge in [-0.2, -0.15) is 0 Å². The first-order valence-electron chi connectivity index (χ1n) is 8.24. The predicted molar refractivity (Wildman–Crippen MR) is 93.0 cm³/mol. The Hall–Kier alpha value is -2.68. The van der Waals surface area contributed by atoms with Crippen molar-refractivity contribution in [3.05, 3.63) is 82.9 Å². The van der Waals surface area contributed by atoms with Gasteiger partial charge in [-0.3, -0.25) is 14.5 Å². The first kappa shape index (κ1) is 14.9. The number of fused-ring (bicyclic) bond motifs is 2. The van der Waals surface area contributed by atoms with Crippen molar-refractivity contribution >= 4 is 11.8 Å². The number of benzene rings is 2. The Labute approximate surface area is 141 Å². The molecule has 0 fully saturated rings. The summed E-state index contributed by atoms with van der Waals surface area (Å²) >= 11 is 0. The summed E-state index contributed by atoms with van der Waals surface area (Å²) in [7, 11) is 0. The van der Waals surface area contributed by atoms with Gasteiger partial charge in [0.15, 0.2) is 0 Å². The molecule has 2 aromatic carbocycles. The van der Waals surface area contributed by atoms with Gasteiger partial charge in [0.25, 0.3) is 11.8 Å². The zero-order valence-electron chi connectivity index (χ0n) is 13.8. The molecule has 2 aromatic rings. The van der Waals surface area contributed by atoms with Crippen LogP contribution in [0.1, 0.15) is 45.7 Å². The number of amides is 2. The standard InChI is InChI=1S/C21H19NO2/c1-21(2)12-11-15(13-14-7-3-6-10-18(14)21)22-19(23)16-8-4-5-9-17(16)20(22)24/h3-12,15H,13H2,1-2H3. The Bertz CT molecular complexity index is 844. The lowest BCUT2D eigenvalue weighted by atomic mass is 9.82. The Morgan fingerprint density at radius 3 is 2.17 bits per heavy atom. The number of hydrogen-bond donors (Lipinski definition) is 0. The maximum atomic E-state index is 12.8. The van der Waals surface area contributed by atoms with Crippen LogP contribution in [0.2, 0.25) is 0 Å². The van der Waals surface area contributed by atoms with E-state index in [4.69, 9.17) is 0 Å². The van der Waals surface area contributed by atoms with Gasteiger partial charge in [-0.15, -0.1) is 0 Å². The van der Waals surface area contributed by atoms with Crippen LogP contribution in [-0.4, -0.2) is 22.8 Å². The second-order valence-corrected chi connectivity index (χ2v) is 7.04. The molecule has 0 bridgehead atoms. The third kappa shape index (κ3) is 2.12. The summed E-state index contributed by atoms with van der Waals surface area (Å²) in [5.41, 5.74) is 3.33. The van der Waals surface area contributed by atoms with E-state index in [2.05, 4.69) is 32.1 Å². The van der Waals surface area contributed by atoms with Crippen molar-refractivity contribution < 1.29 is 9.59 Å². The number of carbonyl (C=O) groups excluding carboxylic acids is 2. The molecule has 24 heavy (non-hydrogen) atoms. The highest BCUT2D eigenvalue weighted by Gasteiger charge is 2.40. The molecule has 2 amide bonds. The van der Waals surface area contributed by atoms with Gasteiger partial charge < -0.3 is 0 Å². The fourth-order valence-corrected chi connectivity index (χ4v) is 3.75. The van der Waals surface area contributed by atoms with Crippen molar-refractivity contribution in [2.75, 3.05) is 0 Å². The van der Waals surface area contributed by atoms with Crippen LogP contribution in [-0.2, 0) is 11.8 Å². The van der Waals surface area contributed by atoms with Crippen LogP contribution in [0.4, 0.5) is 0 Å². The highest BCUT2D eigenvalue weighted by atomic mass is 16.2. The topological polar surface area (TPSA) is 37.4 Å². The number of carbonyl (C=O) groups is 2. The fraction of sp³-hybridized carbons (Fsp3) is 0.238. The van der Waals surface area contributed by atoms with E-state index in [9.17, 15) is 9.59 Å². The number of rotatable bonds is 1. The summed E-state index contributed by atoms with van der Waals surface area (Å²) in [6.45, 7) is 4.32. The third-order valence-electron chi connectivity index (χ3n) is 5.03. The van der Waals surface area contributed by atoms with E-state index in [-0.39, 0.29) is 23.3 Å². The van der Waals surface area contributed by atoms with E-state index >= 15 is 0 Å². The molecule has 3 heteroatoms. The minimum Gasteiger partial charge on any atom is -0.269 e. The second kappa shape index (κ2) is 5.17. The average molecular weight is 317 g/mol. The zero-order valence-corrected chi connectivity index (χ0v) is 13.8. The molecule has 1 atom stereocenters. The smallest absolute Gasteiger partial charge is 0.262 e. The molecular weight excluding hydrogens is 298 g/mol. The molecule has 0 saturated carbocycles. The highest BCUT2D eigenvalue weighted by Crippen LogP contribution is 2.34. The molecule has 1 unspecified atom stereocenters. The van der Waals surface area contributed by atoms with Crippen molar-refractivity contribution in [2.45, 2.75) is 31.7 Å². The molecular formula is C21H19NO2. The summed E-state index contributed by atoms with van der Waals surface area (Å²) < 4.78 is 0. The van der Waals surface area contributed by atoms with Gasteiger partial charge in [0.2, 0.25) is 0 Å². The van der Waals surface area contributed by atoms with Crippen LogP contribution >= 0.6 is 0 Å². The summed E-state index contributed by atoms with van der Waals surface area (Å²) in [5.74, 6) is -0.384. The Balaban J connectivity index is 1.77. The number of nitrogens with zero attached hydrogens (tertiary/aromatic N) is 1. The maximum Gasteiger partial charge on any atom is 0.262 e. The van der Waals surface area contributed by atoms with Gasteiger partial charge in [0, 0.05) is 5.41 Å².